The molecule has 1 aromatic heterocycles. The molecule has 0 saturated carbocycles. The first kappa shape index (κ1) is 16.2. The zero-order valence-corrected chi connectivity index (χ0v) is 14.3. The van der Waals surface area contributed by atoms with Gasteiger partial charge in [0.05, 0.1) is 17.4 Å². The second kappa shape index (κ2) is 6.11. The Balaban J connectivity index is 2.00. The summed E-state index contributed by atoms with van der Waals surface area (Å²) in [6.45, 7) is 8.32. The van der Waals surface area contributed by atoms with E-state index in [0.29, 0.717) is 11.5 Å². The average molecular weight is 317 g/mol. The SMILES string of the molecule is C[C@@H]1CN(c2nc(C3CCCCO3)ccc2C(N)=O)C(C)(C)C1. The van der Waals surface area contributed by atoms with E-state index >= 15 is 0 Å². The highest BCUT2D eigenvalue weighted by Gasteiger charge is 2.39. The molecule has 0 radical (unpaired) electrons. The van der Waals surface area contributed by atoms with Gasteiger partial charge < -0.3 is 15.4 Å². The molecule has 0 aromatic carbocycles. The van der Waals surface area contributed by atoms with E-state index < -0.39 is 5.91 Å². The number of aromatic nitrogens is 1. The van der Waals surface area contributed by atoms with Crippen LogP contribution in [0.4, 0.5) is 5.82 Å². The van der Waals surface area contributed by atoms with Crippen LogP contribution in [-0.4, -0.2) is 29.6 Å². The molecular weight excluding hydrogens is 290 g/mol. The minimum Gasteiger partial charge on any atom is -0.372 e. The van der Waals surface area contributed by atoms with E-state index in [1.54, 1.807) is 0 Å². The quantitative estimate of drug-likeness (QED) is 0.930. The van der Waals surface area contributed by atoms with Crippen molar-refractivity contribution in [1.82, 2.24) is 4.98 Å². The first-order valence-corrected chi connectivity index (χ1v) is 8.58. The van der Waals surface area contributed by atoms with Gasteiger partial charge in [0.25, 0.3) is 5.91 Å². The predicted molar refractivity (Wildman–Crippen MR) is 90.5 cm³/mol. The van der Waals surface area contributed by atoms with Crippen molar-refractivity contribution >= 4 is 11.7 Å². The number of ether oxygens (including phenoxy) is 1. The fourth-order valence-corrected chi connectivity index (χ4v) is 3.97. The Hall–Kier alpha value is -1.62. The summed E-state index contributed by atoms with van der Waals surface area (Å²) in [5, 5.41) is 0. The molecule has 2 fully saturated rings. The zero-order valence-electron chi connectivity index (χ0n) is 14.3. The molecular formula is C18H27N3O2. The molecule has 3 rings (SSSR count). The topological polar surface area (TPSA) is 68.5 Å². The summed E-state index contributed by atoms with van der Waals surface area (Å²) in [6, 6.07) is 3.71. The highest BCUT2D eigenvalue weighted by Crippen LogP contribution is 2.38. The number of hydrogen-bond acceptors (Lipinski definition) is 4. The van der Waals surface area contributed by atoms with Gasteiger partial charge in [0.15, 0.2) is 0 Å². The monoisotopic (exact) mass is 317 g/mol. The van der Waals surface area contributed by atoms with Crippen molar-refractivity contribution in [2.24, 2.45) is 11.7 Å². The average Bonchev–Trinajstić information content (AvgIpc) is 2.80. The van der Waals surface area contributed by atoms with Gasteiger partial charge in [-0.3, -0.25) is 4.79 Å². The molecule has 2 aliphatic rings. The Morgan fingerprint density at radius 1 is 1.39 bits per heavy atom. The Bertz CT molecular complexity index is 594. The zero-order chi connectivity index (χ0) is 16.6. The fraction of sp³-hybridized carbons (Fsp3) is 0.667. The predicted octanol–water partition coefficient (Wildman–Crippen LogP) is 3.05. The molecule has 2 atom stereocenters. The maximum atomic E-state index is 11.9. The van der Waals surface area contributed by atoms with Gasteiger partial charge >= 0.3 is 0 Å². The lowest BCUT2D eigenvalue weighted by Gasteiger charge is -2.34. The lowest BCUT2D eigenvalue weighted by Crippen LogP contribution is -2.40. The van der Waals surface area contributed by atoms with Crippen LogP contribution in [0.5, 0.6) is 0 Å². The van der Waals surface area contributed by atoms with E-state index in [2.05, 4.69) is 25.7 Å². The second-order valence-electron chi connectivity index (χ2n) is 7.56. The minimum absolute atomic E-state index is 0.0251. The number of amides is 1. The number of hydrogen-bond donors (Lipinski definition) is 1. The number of primary amides is 1. The minimum atomic E-state index is -0.418. The highest BCUT2D eigenvalue weighted by atomic mass is 16.5. The van der Waals surface area contributed by atoms with Crippen LogP contribution in [0.25, 0.3) is 0 Å². The van der Waals surface area contributed by atoms with Crippen LogP contribution in [0.2, 0.25) is 0 Å². The number of pyridine rings is 1. The third kappa shape index (κ3) is 3.20. The lowest BCUT2D eigenvalue weighted by atomic mass is 9.97. The highest BCUT2D eigenvalue weighted by molar-refractivity contribution is 5.98. The number of nitrogens with two attached hydrogens (primary N) is 1. The summed E-state index contributed by atoms with van der Waals surface area (Å²) >= 11 is 0. The molecule has 5 heteroatoms. The van der Waals surface area contributed by atoms with Crippen LogP contribution in [0, 0.1) is 5.92 Å². The molecule has 1 amide bonds. The number of carbonyl (C=O) groups excluding carboxylic acids is 1. The second-order valence-corrected chi connectivity index (χ2v) is 7.56. The van der Waals surface area contributed by atoms with Gasteiger partial charge in [-0.2, -0.15) is 0 Å². The van der Waals surface area contributed by atoms with E-state index in [4.69, 9.17) is 15.5 Å². The molecule has 3 heterocycles. The van der Waals surface area contributed by atoms with E-state index in [-0.39, 0.29) is 11.6 Å². The first-order valence-electron chi connectivity index (χ1n) is 8.58. The molecule has 126 valence electrons. The van der Waals surface area contributed by atoms with Crippen LogP contribution in [0.3, 0.4) is 0 Å². The molecule has 2 aliphatic heterocycles. The van der Waals surface area contributed by atoms with Crippen molar-refractivity contribution in [3.8, 4) is 0 Å². The van der Waals surface area contributed by atoms with Crippen molar-refractivity contribution in [2.75, 3.05) is 18.1 Å². The Kier molecular flexibility index (Phi) is 4.32. The molecule has 23 heavy (non-hydrogen) atoms. The standard InChI is InChI=1S/C18H27N3O2/c1-12-10-18(2,3)21(11-12)17-13(16(19)22)7-8-14(20-17)15-6-4-5-9-23-15/h7-8,12,15H,4-6,9-11H2,1-3H3,(H2,19,22)/t12-,15?/m0/s1. The van der Waals surface area contributed by atoms with E-state index in [9.17, 15) is 4.79 Å². The first-order chi connectivity index (χ1) is 10.9. The summed E-state index contributed by atoms with van der Waals surface area (Å²) in [4.78, 5) is 19.0. The van der Waals surface area contributed by atoms with Crippen molar-refractivity contribution in [1.29, 1.82) is 0 Å². The van der Waals surface area contributed by atoms with Gasteiger partial charge in [-0.25, -0.2) is 4.98 Å². The van der Waals surface area contributed by atoms with Gasteiger partial charge in [0.1, 0.15) is 5.82 Å². The summed E-state index contributed by atoms with van der Waals surface area (Å²) in [7, 11) is 0. The van der Waals surface area contributed by atoms with E-state index in [0.717, 1.165) is 50.3 Å². The normalized spacial score (nSPS) is 27.2. The Morgan fingerprint density at radius 3 is 2.74 bits per heavy atom. The molecule has 2 saturated heterocycles. The van der Waals surface area contributed by atoms with Crippen molar-refractivity contribution in [2.45, 2.75) is 58.1 Å². The molecule has 0 bridgehead atoms. The molecule has 5 nitrogen and oxygen atoms in total. The molecule has 2 N–H and O–H groups in total. The molecule has 0 aliphatic carbocycles. The summed E-state index contributed by atoms with van der Waals surface area (Å²) in [5.41, 5.74) is 6.99. The van der Waals surface area contributed by atoms with Crippen LogP contribution in [0.15, 0.2) is 12.1 Å². The Morgan fingerprint density at radius 2 is 2.17 bits per heavy atom. The van der Waals surface area contributed by atoms with Crippen LogP contribution < -0.4 is 10.6 Å². The number of rotatable bonds is 3. The van der Waals surface area contributed by atoms with Gasteiger partial charge in [-0.1, -0.05) is 6.92 Å². The van der Waals surface area contributed by atoms with Gasteiger partial charge in [-0.15, -0.1) is 0 Å². The summed E-state index contributed by atoms with van der Waals surface area (Å²) in [6.07, 6.45) is 4.37. The number of nitrogens with zero attached hydrogens (tertiary/aromatic N) is 2. The smallest absolute Gasteiger partial charge is 0.252 e. The fourth-order valence-electron chi connectivity index (χ4n) is 3.97. The number of anilines is 1. The molecule has 1 unspecified atom stereocenters. The van der Waals surface area contributed by atoms with Gasteiger partial charge in [0, 0.05) is 18.7 Å². The van der Waals surface area contributed by atoms with E-state index in [1.807, 2.05) is 12.1 Å². The van der Waals surface area contributed by atoms with Crippen LogP contribution in [0.1, 0.15) is 68.6 Å². The summed E-state index contributed by atoms with van der Waals surface area (Å²) < 4.78 is 5.86. The third-order valence-electron chi connectivity index (χ3n) is 5.00. The van der Waals surface area contributed by atoms with Crippen LogP contribution >= 0.6 is 0 Å². The van der Waals surface area contributed by atoms with Crippen molar-refractivity contribution in [3.63, 3.8) is 0 Å². The third-order valence-corrected chi connectivity index (χ3v) is 5.00. The maximum absolute atomic E-state index is 11.9. The van der Waals surface area contributed by atoms with Gasteiger partial charge in [-0.05, 0) is 57.6 Å². The van der Waals surface area contributed by atoms with Crippen molar-refractivity contribution < 1.29 is 9.53 Å². The van der Waals surface area contributed by atoms with Gasteiger partial charge in [0.2, 0.25) is 0 Å². The van der Waals surface area contributed by atoms with E-state index in [1.165, 1.54) is 0 Å². The Labute approximate surface area is 138 Å². The van der Waals surface area contributed by atoms with Crippen molar-refractivity contribution in [3.05, 3.63) is 23.4 Å². The maximum Gasteiger partial charge on any atom is 0.252 e. The van der Waals surface area contributed by atoms with Crippen LogP contribution in [-0.2, 0) is 4.74 Å². The number of carbonyl (C=O) groups is 1. The largest absolute Gasteiger partial charge is 0.372 e. The molecule has 0 spiro atoms. The molecule has 1 aromatic rings. The lowest BCUT2D eigenvalue weighted by molar-refractivity contribution is 0.0123. The summed E-state index contributed by atoms with van der Waals surface area (Å²) in [5.74, 6) is 0.875.